The van der Waals surface area contributed by atoms with Gasteiger partial charge in [-0.2, -0.15) is 0 Å². The van der Waals surface area contributed by atoms with E-state index in [2.05, 4.69) is 51.3 Å². The number of nitrogens with zero attached hydrogens (tertiary/aromatic N) is 4. The van der Waals surface area contributed by atoms with Crippen LogP contribution in [0.2, 0.25) is 10.0 Å². The Morgan fingerprint density at radius 2 is 1.87 bits per heavy atom. The Kier molecular flexibility index (Phi) is 7.81. The maximum atomic E-state index is 6.36. The third-order valence-electron chi connectivity index (χ3n) is 8.24. The molecule has 1 aromatic carbocycles. The first-order valence-corrected chi connectivity index (χ1v) is 14.7. The number of piperidine rings is 1. The fourth-order valence-corrected chi connectivity index (χ4v) is 6.41. The van der Waals surface area contributed by atoms with Gasteiger partial charge in [-0.25, -0.2) is 4.98 Å². The second-order valence-corrected chi connectivity index (χ2v) is 12.2. The average Bonchev–Trinajstić information content (AvgIpc) is 2.90. The molecule has 5 heterocycles. The second kappa shape index (κ2) is 11.5. The molecule has 2 aromatic heterocycles. The van der Waals surface area contributed by atoms with Crippen molar-refractivity contribution >= 4 is 29.0 Å². The summed E-state index contributed by atoms with van der Waals surface area (Å²) in [7, 11) is 0. The van der Waals surface area contributed by atoms with Crippen LogP contribution in [0.15, 0.2) is 60.9 Å². The minimum Gasteiger partial charge on any atom is -0.389 e. The van der Waals surface area contributed by atoms with Crippen LogP contribution in [-0.2, 0) is 13.0 Å². The van der Waals surface area contributed by atoms with Gasteiger partial charge in [0.25, 0.3) is 0 Å². The number of hydrogen-bond donors (Lipinski definition) is 2. The number of anilines is 1. The van der Waals surface area contributed by atoms with Crippen LogP contribution < -0.4 is 15.5 Å². The van der Waals surface area contributed by atoms with Crippen molar-refractivity contribution in [1.29, 1.82) is 0 Å². The molecule has 2 atom stereocenters. The molecule has 204 valence electrons. The number of piperazine rings is 1. The summed E-state index contributed by atoms with van der Waals surface area (Å²) in [6.07, 6.45) is 5.12. The molecule has 3 aromatic rings. The summed E-state index contributed by atoms with van der Waals surface area (Å²) >= 11 is 12.7. The van der Waals surface area contributed by atoms with E-state index in [1.54, 1.807) is 6.07 Å². The molecule has 8 heteroatoms. The molecular weight excluding hydrogens is 527 g/mol. The van der Waals surface area contributed by atoms with Crippen LogP contribution >= 0.6 is 23.2 Å². The van der Waals surface area contributed by atoms with E-state index in [0.717, 1.165) is 79.7 Å². The van der Waals surface area contributed by atoms with Crippen molar-refractivity contribution in [1.82, 2.24) is 25.5 Å². The van der Waals surface area contributed by atoms with Crippen LogP contribution in [0.1, 0.15) is 36.6 Å². The SMILES string of the molecule is C=C(C)NCC1CCN(Cc2cc(Cc3ccc(N4CC5NC[C@H]54)nc3)nc(-c3cc(Cl)cc(Cl)c3)c2)CC1. The van der Waals surface area contributed by atoms with Gasteiger partial charge in [-0.1, -0.05) is 35.8 Å². The standard InChI is InChI=1S/C31H36Cl2N6/c1-20(2)34-15-21-5-7-38(8-6-21)18-23-10-27(37-28(11-23)24-12-25(32)14-26(33)13-24)9-22-3-4-31(36-16-22)39-19-29-30(39)17-35-29/h3-4,10-14,16,21,29-30,34-35H,1,5-9,15,17-19H2,2H3/t29?,30-/m1/s1. The van der Waals surface area contributed by atoms with Gasteiger partial charge >= 0.3 is 0 Å². The van der Waals surface area contributed by atoms with Gasteiger partial charge in [0.15, 0.2) is 0 Å². The number of benzene rings is 1. The molecule has 3 saturated heterocycles. The van der Waals surface area contributed by atoms with E-state index in [-0.39, 0.29) is 0 Å². The minimum absolute atomic E-state index is 0.612. The Labute approximate surface area is 241 Å². The summed E-state index contributed by atoms with van der Waals surface area (Å²) in [5.41, 5.74) is 6.34. The summed E-state index contributed by atoms with van der Waals surface area (Å²) in [6.45, 7) is 12.2. The highest BCUT2D eigenvalue weighted by Crippen LogP contribution is 2.31. The van der Waals surface area contributed by atoms with E-state index in [0.29, 0.717) is 28.0 Å². The highest BCUT2D eigenvalue weighted by atomic mass is 35.5. The number of rotatable bonds is 9. The Morgan fingerprint density at radius 3 is 2.49 bits per heavy atom. The van der Waals surface area contributed by atoms with Gasteiger partial charge in [-0.05, 0) is 86.3 Å². The van der Waals surface area contributed by atoms with Crippen LogP contribution in [0.25, 0.3) is 11.3 Å². The molecule has 3 aliphatic heterocycles. The van der Waals surface area contributed by atoms with Crippen LogP contribution in [-0.4, -0.2) is 59.7 Å². The molecule has 0 spiro atoms. The van der Waals surface area contributed by atoms with Crippen molar-refractivity contribution in [3.8, 4) is 11.3 Å². The number of halogens is 2. The number of pyridine rings is 2. The molecule has 6 nitrogen and oxygen atoms in total. The van der Waals surface area contributed by atoms with E-state index in [1.807, 2.05) is 25.3 Å². The number of likely N-dealkylation sites (tertiary alicyclic amines) is 1. The van der Waals surface area contributed by atoms with Gasteiger partial charge < -0.3 is 15.5 Å². The lowest BCUT2D eigenvalue weighted by Gasteiger charge is -2.56. The zero-order chi connectivity index (χ0) is 26.9. The van der Waals surface area contributed by atoms with Gasteiger partial charge in [-0.3, -0.25) is 9.88 Å². The monoisotopic (exact) mass is 562 g/mol. The maximum Gasteiger partial charge on any atom is 0.128 e. The van der Waals surface area contributed by atoms with E-state index in [4.69, 9.17) is 33.2 Å². The molecule has 3 aliphatic rings. The van der Waals surface area contributed by atoms with Crippen LogP contribution in [0.3, 0.4) is 0 Å². The van der Waals surface area contributed by atoms with Crippen LogP contribution in [0.5, 0.6) is 0 Å². The smallest absolute Gasteiger partial charge is 0.128 e. The van der Waals surface area contributed by atoms with Gasteiger partial charge in [0, 0.05) is 71.8 Å². The molecule has 2 N–H and O–H groups in total. The topological polar surface area (TPSA) is 56.3 Å². The predicted molar refractivity (Wildman–Crippen MR) is 160 cm³/mol. The average molecular weight is 564 g/mol. The number of nitrogens with one attached hydrogen (secondary N) is 2. The lowest BCUT2D eigenvalue weighted by Crippen LogP contribution is -2.78. The number of aromatic nitrogens is 2. The first-order chi connectivity index (χ1) is 18.9. The molecule has 0 bridgehead atoms. The Hall–Kier alpha value is -2.64. The van der Waals surface area contributed by atoms with Crippen molar-refractivity contribution < 1.29 is 0 Å². The molecule has 0 saturated carbocycles. The summed E-state index contributed by atoms with van der Waals surface area (Å²) < 4.78 is 0. The van der Waals surface area contributed by atoms with Crippen molar-refractivity contribution in [2.45, 2.75) is 44.8 Å². The Bertz CT molecular complexity index is 1320. The van der Waals surface area contributed by atoms with Crippen molar-refractivity contribution in [3.05, 3.63) is 87.8 Å². The highest BCUT2D eigenvalue weighted by molar-refractivity contribution is 6.35. The second-order valence-electron chi connectivity index (χ2n) is 11.3. The molecule has 3 fully saturated rings. The third-order valence-corrected chi connectivity index (χ3v) is 8.67. The van der Waals surface area contributed by atoms with Gasteiger partial charge in [0.05, 0.1) is 11.7 Å². The van der Waals surface area contributed by atoms with Crippen molar-refractivity contribution in [2.24, 2.45) is 5.92 Å². The largest absolute Gasteiger partial charge is 0.389 e. The predicted octanol–water partition coefficient (Wildman–Crippen LogP) is 5.54. The number of fused-ring (bicyclic) bond motifs is 1. The first-order valence-electron chi connectivity index (χ1n) is 13.9. The summed E-state index contributed by atoms with van der Waals surface area (Å²) in [4.78, 5) is 14.8. The molecule has 39 heavy (non-hydrogen) atoms. The van der Waals surface area contributed by atoms with E-state index < -0.39 is 0 Å². The van der Waals surface area contributed by atoms with Crippen molar-refractivity contribution in [3.63, 3.8) is 0 Å². The Morgan fingerprint density at radius 1 is 1.08 bits per heavy atom. The molecule has 0 amide bonds. The number of hydrogen-bond acceptors (Lipinski definition) is 6. The normalized spacial score (nSPS) is 21.2. The summed E-state index contributed by atoms with van der Waals surface area (Å²) in [5, 5.41) is 8.11. The van der Waals surface area contributed by atoms with Gasteiger partial charge in [0.2, 0.25) is 0 Å². The van der Waals surface area contributed by atoms with E-state index in [9.17, 15) is 0 Å². The fourth-order valence-electron chi connectivity index (χ4n) is 5.88. The van der Waals surface area contributed by atoms with Crippen LogP contribution in [0.4, 0.5) is 5.82 Å². The highest BCUT2D eigenvalue weighted by Gasteiger charge is 2.45. The van der Waals surface area contributed by atoms with Crippen molar-refractivity contribution in [2.75, 3.05) is 37.6 Å². The molecular formula is C31H36Cl2N6. The maximum absolute atomic E-state index is 6.36. The summed E-state index contributed by atoms with van der Waals surface area (Å²) in [6, 6.07) is 15.7. The molecule has 1 unspecified atom stereocenters. The minimum atomic E-state index is 0.612. The zero-order valence-corrected chi connectivity index (χ0v) is 24.0. The fraction of sp³-hybridized carbons (Fsp3) is 0.419. The Balaban J connectivity index is 1.19. The molecule has 6 rings (SSSR count). The van der Waals surface area contributed by atoms with Crippen LogP contribution in [0, 0.1) is 5.92 Å². The molecule has 0 aliphatic carbocycles. The zero-order valence-electron chi connectivity index (χ0n) is 22.5. The lowest BCUT2D eigenvalue weighted by molar-refractivity contribution is 0.177. The quantitative estimate of drug-likeness (QED) is 0.357. The van der Waals surface area contributed by atoms with Gasteiger partial charge in [0.1, 0.15) is 5.82 Å². The first kappa shape index (κ1) is 26.6. The molecule has 0 radical (unpaired) electrons. The third kappa shape index (κ3) is 6.25. The van der Waals surface area contributed by atoms with Gasteiger partial charge in [-0.15, -0.1) is 0 Å². The lowest BCUT2D eigenvalue weighted by atomic mass is 9.89. The van der Waals surface area contributed by atoms with E-state index >= 15 is 0 Å². The number of allylic oxidation sites excluding steroid dienone is 1. The summed E-state index contributed by atoms with van der Waals surface area (Å²) in [5.74, 6) is 1.77. The van der Waals surface area contributed by atoms with E-state index in [1.165, 1.54) is 18.4 Å².